The molecule has 1 N–H and O–H groups in total. The zero-order chi connectivity index (χ0) is 25.9. The Bertz CT molecular complexity index is 1350. The summed E-state index contributed by atoms with van der Waals surface area (Å²) in [5.41, 5.74) is 4.32. The smallest absolute Gasteiger partial charge is 0.262 e. The number of para-hydroxylation sites is 1. The van der Waals surface area contributed by atoms with Crippen molar-refractivity contribution in [1.29, 1.82) is 0 Å². The second-order valence-electron chi connectivity index (χ2n) is 8.88. The summed E-state index contributed by atoms with van der Waals surface area (Å²) in [6.07, 6.45) is 0. The van der Waals surface area contributed by atoms with Gasteiger partial charge in [-0.3, -0.25) is 4.79 Å². The van der Waals surface area contributed by atoms with Crippen LogP contribution in [0.3, 0.4) is 0 Å². The summed E-state index contributed by atoms with van der Waals surface area (Å²) in [6.45, 7) is 7.23. The van der Waals surface area contributed by atoms with E-state index in [4.69, 9.17) is 16.3 Å². The highest BCUT2D eigenvalue weighted by molar-refractivity contribution is 7.89. The van der Waals surface area contributed by atoms with Crippen molar-refractivity contribution in [1.82, 2.24) is 4.31 Å². The molecule has 4 rings (SSSR count). The summed E-state index contributed by atoms with van der Waals surface area (Å²) in [7, 11) is -3.58. The fourth-order valence-electron chi connectivity index (χ4n) is 4.16. The van der Waals surface area contributed by atoms with Crippen LogP contribution in [0.5, 0.6) is 5.75 Å². The molecule has 3 aromatic carbocycles. The fourth-order valence-corrected chi connectivity index (χ4v) is 5.88. The largest absolute Gasteiger partial charge is 0.483 e. The van der Waals surface area contributed by atoms with E-state index < -0.39 is 10.0 Å². The van der Waals surface area contributed by atoms with Gasteiger partial charge in [-0.1, -0.05) is 47.5 Å². The number of carbonyl (C=O) groups is 1. The average molecular weight is 528 g/mol. The number of piperazine rings is 1. The molecule has 1 heterocycles. The van der Waals surface area contributed by atoms with Crippen LogP contribution < -0.4 is 15.0 Å². The number of rotatable bonds is 7. The lowest BCUT2D eigenvalue weighted by Crippen LogP contribution is -2.49. The van der Waals surface area contributed by atoms with Crippen LogP contribution in [0, 0.1) is 20.8 Å². The van der Waals surface area contributed by atoms with Crippen molar-refractivity contribution in [2.75, 3.05) is 43.0 Å². The van der Waals surface area contributed by atoms with Crippen LogP contribution >= 0.6 is 11.6 Å². The van der Waals surface area contributed by atoms with Crippen LogP contribution in [0.2, 0.25) is 5.02 Å². The lowest BCUT2D eigenvalue weighted by molar-refractivity contribution is -0.118. The minimum atomic E-state index is -3.58. The zero-order valence-electron chi connectivity index (χ0n) is 20.6. The summed E-state index contributed by atoms with van der Waals surface area (Å²) in [5.74, 6) is 0.363. The number of nitrogens with one attached hydrogen (secondary N) is 1. The molecule has 1 amide bonds. The van der Waals surface area contributed by atoms with E-state index in [1.54, 1.807) is 42.5 Å². The van der Waals surface area contributed by atoms with Crippen LogP contribution in [-0.4, -0.2) is 51.4 Å². The summed E-state index contributed by atoms with van der Waals surface area (Å²) in [5, 5.41) is 3.39. The summed E-state index contributed by atoms with van der Waals surface area (Å²) < 4.78 is 33.4. The third-order valence-electron chi connectivity index (χ3n) is 6.39. The van der Waals surface area contributed by atoms with Crippen molar-refractivity contribution >= 4 is 38.9 Å². The van der Waals surface area contributed by atoms with Crippen LogP contribution in [0.1, 0.15) is 16.7 Å². The molecule has 0 aromatic heterocycles. The standard InChI is InChI=1S/C27H30ClN3O4S/c1-19-10-12-22(13-11-19)36(33,34)31-16-14-30(15-17-31)27-23(28)7-5-8-24(27)29-26(32)18-35-25-9-4-6-20(2)21(25)3/h4-13H,14-18H2,1-3H3,(H,29,32). The van der Waals surface area contributed by atoms with Crippen molar-refractivity contribution < 1.29 is 17.9 Å². The molecule has 3 aromatic rings. The van der Waals surface area contributed by atoms with E-state index >= 15 is 0 Å². The normalized spacial score (nSPS) is 14.5. The third kappa shape index (κ3) is 5.67. The zero-order valence-corrected chi connectivity index (χ0v) is 22.2. The van der Waals surface area contributed by atoms with E-state index in [0.717, 1.165) is 16.7 Å². The molecule has 0 spiro atoms. The van der Waals surface area contributed by atoms with Gasteiger partial charge in [0.2, 0.25) is 10.0 Å². The number of carbonyl (C=O) groups excluding carboxylic acids is 1. The number of halogens is 1. The second-order valence-corrected chi connectivity index (χ2v) is 11.2. The van der Waals surface area contributed by atoms with E-state index in [1.807, 2.05) is 43.9 Å². The van der Waals surface area contributed by atoms with Crippen LogP contribution in [0.15, 0.2) is 65.6 Å². The maximum absolute atomic E-state index is 13.1. The highest BCUT2D eigenvalue weighted by atomic mass is 35.5. The molecule has 1 saturated heterocycles. The highest BCUT2D eigenvalue weighted by Crippen LogP contribution is 2.35. The van der Waals surface area contributed by atoms with Crippen molar-refractivity contribution in [3.63, 3.8) is 0 Å². The van der Waals surface area contributed by atoms with Crippen molar-refractivity contribution in [2.45, 2.75) is 25.7 Å². The van der Waals surface area contributed by atoms with Gasteiger partial charge in [-0.25, -0.2) is 8.42 Å². The number of nitrogens with zero attached hydrogens (tertiary/aromatic N) is 2. The quantitative estimate of drug-likeness (QED) is 0.478. The van der Waals surface area contributed by atoms with E-state index in [2.05, 4.69) is 5.32 Å². The lowest BCUT2D eigenvalue weighted by atomic mass is 10.1. The molecule has 0 atom stereocenters. The van der Waals surface area contributed by atoms with Crippen LogP contribution in [-0.2, 0) is 14.8 Å². The predicted molar refractivity (Wildman–Crippen MR) is 144 cm³/mol. The van der Waals surface area contributed by atoms with Crippen molar-refractivity contribution in [3.8, 4) is 5.75 Å². The molecule has 36 heavy (non-hydrogen) atoms. The fraction of sp³-hybridized carbons (Fsp3) is 0.296. The van der Waals surface area contributed by atoms with E-state index in [9.17, 15) is 13.2 Å². The Labute approximate surface area is 217 Å². The van der Waals surface area contributed by atoms with Crippen LogP contribution in [0.25, 0.3) is 0 Å². The third-order valence-corrected chi connectivity index (χ3v) is 8.61. The molecule has 0 radical (unpaired) electrons. The Hall–Kier alpha value is -3.07. The molecule has 0 unspecified atom stereocenters. The Morgan fingerprint density at radius 1 is 0.944 bits per heavy atom. The monoisotopic (exact) mass is 527 g/mol. The van der Waals surface area contributed by atoms with Gasteiger partial charge in [0, 0.05) is 26.2 Å². The highest BCUT2D eigenvalue weighted by Gasteiger charge is 2.30. The van der Waals surface area contributed by atoms with Gasteiger partial charge in [0.15, 0.2) is 6.61 Å². The lowest BCUT2D eigenvalue weighted by Gasteiger charge is -2.36. The maximum atomic E-state index is 13.1. The molecule has 1 fully saturated rings. The number of aryl methyl sites for hydroxylation is 2. The van der Waals surface area contributed by atoms with E-state index in [0.29, 0.717) is 48.3 Å². The number of benzene rings is 3. The number of ether oxygens (including phenoxy) is 1. The first kappa shape index (κ1) is 26.0. The minimum absolute atomic E-state index is 0.140. The van der Waals surface area contributed by atoms with Gasteiger partial charge in [-0.2, -0.15) is 4.31 Å². The minimum Gasteiger partial charge on any atom is -0.483 e. The second kappa shape index (κ2) is 10.9. The van der Waals surface area contributed by atoms with Gasteiger partial charge in [0.05, 0.1) is 21.3 Å². The molecule has 190 valence electrons. The van der Waals surface area contributed by atoms with E-state index in [-0.39, 0.29) is 17.4 Å². The van der Waals surface area contributed by atoms with Gasteiger partial charge in [0.25, 0.3) is 5.91 Å². The Morgan fingerprint density at radius 3 is 2.31 bits per heavy atom. The first-order valence-electron chi connectivity index (χ1n) is 11.8. The molecule has 0 bridgehead atoms. The first-order chi connectivity index (χ1) is 17.2. The Morgan fingerprint density at radius 2 is 1.61 bits per heavy atom. The first-order valence-corrected chi connectivity index (χ1v) is 13.6. The van der Waals surface area contributed by atoms with Gasteiger partial charge in [0.1, 0.15) is 5.75 Å². The molecular weight excluding hydrogens is 498 g/mol. The average Bonchev–Trinajstić information content (AvgIpc) is 2.85. The van der Waals surface area contributed by atoms with E-state index in [1.165, 1.54) is 4.31 Å². The van der Waals surface area contributed by atoms with Gasteiger partial charge in [-0.05, 0) is 62.2 Å². The number of sulfonamides is 1. The summed E-state index contributed by atoms with van der Waals surface area (Å²) in [4.78, 5) is 15.0. The number of hydrogen-bond donors (Lipinski definition) is 1. The topological polar surface area (TPSA) is 79.0 Å². The van der Waals surface area contributed by atoms with Crippen molar-refractivity contribution in [3.05, 3.63) is 82.4 Å². The molecule has 1 aliphatic rings. The number of anilines is 2. The predicted octanol–water partition coefficient (Wildman–Crippen LogP) is 4.79. The van der Waals surface area contributed by atoms with Gasteiger partial charge >= 0.3 is 0 Å². The Balaban J connectivity index is 1.43. The van der Waals surface area contributed by atoms with Crippen molar-refractivity contribution in [2.24, 2.45) is 0 Å². The number of hydrogen-bond acceptors (Lipinski definition) is 5. The van der Waals surface area contributed by atoms with Gasteiger partial charge < -0.3 is 15.0 Å². The summed E-state index contributed by atoms with van der Waals surface area (Å²) in [6, 6.07) is 17.9. The molecule has 7 nitrogen and oxygen atoms in total. The molecular formula is C27H30ClN3O4S. The Kier molecular flexibility index (Phi) is 7.88. The molecule has 9 heteroatoms. The summed E-state index contributed by atoms with van der Waals surface area (Å²) >= 11 is 6.54. The maximum Gasteiger partial charge on any atom is 0.262 e. The SMILES string of the molecule is Cc1ccc(S(=O)(=O)N2CCN(c3c(Cl)cccc3NC(=O)COc3cccc(C)c3C)CC2)cc1. The number of amides is 1. The van der Waals surface area contributed by atoms with Gasteiger partial charge in [-0.15, -0.1) is 0 Å². The molecule has 0 saturated carbocycles. The molecule has 0 aliphatic carbocycles. The van der Waals surface area contributed by atoms with Crippen LogP contribution in [0.4, 0.5) is 11.4 Å². The molecule has 1 aliphatic heterocycles.